The maximum absolute atomic E-state index is 5.13. The Balaban J connectivity index is 2.31. The Morgan fingerprint density at radius 3 is 2.70 bits per heavy atom. The van der Waals surface area contributed by atoms with E-state index in [1.165, 1.54) is 10.4 Å². The fourth-order valence-corrected chi connectivity index (χ4v) is 3.50. The van der Waals surface area contributed by atoms with Crippen LogP contribution in [0.25, 0.3) is 0 Å². The highest BCUT2D eigenvalue weighted by Crippen LogP contribution is 2.31. The van der Waals surface area contributed by atoms with Gasteiger partial charge in [0.05, 0.1) is 18.3 Å². The number of aromatic nitrogens is 1. The van der Waals surface area contributed by atoms with Gasteiger partial charge in [-0.05, 0) is 25.5 Å². The molecule has 108 valence electrons. The van der Waals surface area contributed by atoms with Crippen LogP contribution in [0.15, 0.2) is 28.7 Å². The number of hydrogen-bond acceptors (Lipinski definition) is 4. The van der Waals surface area contributed by atoms with E-state index in [4.69, 9.17) is 9.72 Å². The van der Waals surface area contributed by atoms with Gasteiger partial charge in [-0.25, -0.2) is 4.98 Å². The van der Waals surface area contributed by atoms with Crippen molar-refractivity contribution in [1.29, 1.82) is 0 Å². The first-order valence-corrected chi connectivity index (χ1v) is 8.15. The molecule has 0 amide bonds. The summed E-state index contributed by atoms with van der Waals surface area (Å²) in [6.07, 6.45) is 0. The van der Waals surface area contributed by atoms with Crippen LogP contribution in [0.2, 0.25) is 0 Å². The number of hydrogen-bond donors (Lipinski definition) is 1. The fraction of sp³-hybridized carbons (Fsp3) is 0.400. The lowest BCUT2D eigenvalue weighted by Crippen LogP contribution is -2.26. The molecule has 0 fully saturated rings. The molecule has 0 radical (unpaired) electrons. The molecule has 0 saturated carbocycles. The number of ether oxygens (including phenoxy) is 1. The van der Waals surface area contributed by atoms with Crippen molar-refractivity contribution in [3.63, 3.8) is 0 Å². The summed E-state index contributed by atoms with van der Waals surface area (Å²) in [5.74, 6) is 0. The number of nitrogens with zero attached hydrogens (tertiary/aromatic N) is 1. The summed E-state index contributed by atoms with van der Waals surface area (Å²) in [6, 6.07) is 8.36. The summed E-state index contributed by atoms with van der Waals surface area (Å²) in [7, 11) is 1.72. The second-order valence-electron chi connectivity index (χ2n) is 4.60. The molecule has 0 aliphatic carbocycles. The number of benzene rings is 1. The third-order valence-corrected chi connectivity index (χ3v) is 5.02. The van der Waals surface area contributed by atoms with Crippen LogP contribution >= 0.6 is 27.3 Å². The number of methoxy groups -OCH3 is 1. The first-order chi connectivity index (χ1) is 9.63. The van der Waals surface area contributed by atoms with Gasteiger partial charge >= 0.3 is 0 Å². The van der Waals surface area contributed by atoms with Gasteiger partial charge in [-0.2, -0.15) is 0 Å². The van der Waals surface area contributed by atoms with Crippen LogP contribution in [0.1, 0.15) is 27.2 Å². The number of thiazole rings is 1. The molecule has 0 spiro atoms. The Morgan fingerprint density at radius 2 is 2.10 bits per heavy atom. The van der Waals surface area contributed by atoms with Crippen molar-refractivity contribution in [3.05, 3.63) is 49.9 Å². The largest absolute Gasteiger partial charge is 0.383 e. The molecule has 1 unspecified atom stereocenters. The minimum atomic E-state index is 0.0955. The molecule has 20 heavy (non-hydrogen) atoms. The van der Waals surface area contributed by atoms with Crippen molar-refractivity contribution in [2.24, 2.45) is 0 Å². The van der Waals surface area contributed by atoms with E-state index in [1.807, 2.05) is 6.07 Å². The van der Waals surface area contributed by atoms with Crippen molar-refractivity contribution in [3.8, 4) is 0 Å². The zero-order valence-electron chi connectivity index (χ0n) is 11.9. The average molecular weight is 355 g/mol. The molecule has 0 aliphatic heterocycles. The second kappa shape index (κ2) is 7.31. The molecule has 2 aromatic rings. The molecule has 0 bridgehead atoms. The van der Waals surface area contributed by atoms with E-state index >= 15 is 0 Å². The number of rotatable bonds is 6. The van der Waals surface area contributed by atoms with E-state index in [-0.39, 0.29) is 6.04 Å². The van der Waals surface area contributed by atoms with E-state index in [2.05, 4.69) is 53.3 Å². The van der Waals surface area contributed by atoms with E-state index < -0.39 is 0 Å². The summed E-state index contributed by atoms with van der Waals surface area (Å²) in [5.41, 5.74) is 2.31. The molecule has 5 heteroatoms. The average Bonchev–Trinajstić information content (AvgIpc) is 2.76. The van der Waals surface area contributed by atoms with Crippen LogP contribution in [0.5, 0.6) is 0 Å². The Bertz CT molecular complexity index is 551. The van der Waals surface area contributed by atoms with Gasteiger partial charge in [0.25, 0.3) is 0 Å². The van der Waals surface area contributed by atoms with Crippen molar-refractivity contribution in [2.45, 2.75) is 19.9 Å². The van der Waals surface area contributed by atoms with E-state index in [0.717, 1.165) is 21.7 Å². The van der Waals surface area contributed by atoms with Crippen LogP contribution in [0.4, 0.5) is 0 Å². The molecule has 1 aromatic heterocycles. The zero-order valence-corrected chi connectivity index (χ0v) is 14.3. The lowest BCUT2D eigenvalue weighted by molar-refractivity contribution is 0.197. The first-order valence-electron chi connectivity index (χ1n) is 6.54. The normalized spacial score (nSPS) is 12.6. The molecule has 1 N–H and O–H groups in total. The summed E-state index contributed by atoms with van der Waals surface area (Å²) < 4.78 is 6.23. The standard InChI is InChI=1S/C15H19BrN2OS/c1-10-11(2)20-15(18-10)14(17-8-9-19-3)12-6-4-5-7-13(12)16/h4-7,14,17H,8-9H2,1-3H3. The molecule has 2 rings (SSSR count). The van der Waals surface area contributed by atoms with Crippen molar-refractivity contribution in [1.82, 2.24) is 10.3 Å². The molecular formula is C15H19BrN2OS. The second-order valence-corrected chi connectivity index (χ2v) is 6.68. The third-order valence-electron chi connectivity index (χ3n) is 3.16. The van der Waals surface area contributed by atoms with Gasteiger partial charge in [0, 0.05) is 23.0 Å². The lowest BCUT2D eigenvalue weighted by atomic mass is 10.1. The SMILES string of the molecule is COCCNC(c1nc(C)c(C)s1)c1ccccc1Br. The summed E-state index contributed by atoms with van der Waals surface area (Å²) in [5, 5.41) is 4.63. The number of nitrogens with one attached hydrogen (secondary N) is 1. The fourth-order valence-electron chi connectivity index (χ4n) is 1.97. The highest BCUT2D eigenvalue weighted by atomic mass is 79.9. The van der Waals surface area contributed by atoms with Gasteiger partial charge in [0.1, 0.15) is 5.01 Å². The molecular weight excluding hydrogens is 336 g/mol. The van der Waals surface area contributed by atoms with Crippen LogP contribution in [-0.4, -0.2) is 25.2 Å². The Morgan fingerprint density at radius 1 is 1.35 bits per heavy atom. The summed E-state index contributed by atoms with van der Waals surface area (Å²) >= 11 is 5.38. The summed E-state index contributed by atoms with van der Waals surface area (Å²) in [4.78, 5) is 5.97. The van der Waals surface area contributed by atoms with Crippen LogP contribution < -0.4 is 5.32 Å². The maximum Gasteiger partial charge on any atom is 0.115 e. The van der Waals surface area contributed by atoms with Gasteiger partial charge in [-0.3, -0.25) is 0 Å². The highest BCUT2D eigenvalue weighted by Gasteiger charge is 2.20. The molecule has 0 saturated heterocycles. The predicted octanol–water partition coefficient (Wildman–Crippen LogP) is 3.85. The monoisotopic (exact) mass is 354 g/mol. The minimum absolute atomic E-state index is 0.0955. The Kier molecular flexibility index (Phi) is 5.72. The number of aryl methyl sites for hydroxylation is 2. The lowest BCUT2D eigenvalue weighted by Gasteiger charge is -2.18. The smallest absolute Gasteiger partial charge is 0.115 e. The van der Waals surface area contributed by atoms with E-state index in [0.29, 0.717) is 6.61 Å². The predicted molar refractivity (Wildman–Crippen MR) is 87.5 cm³/mol. The number of halogens is 1. The summed E-state index contributed by atoms with van der Waals surface area (Å²) in [6.45, 7) is 5.65. The molecule has 1 aromatic carbocycles. The molecule has 1 heterocycles. The van der Waals surface area contributed by atoms with Gasteiger partial charge < -0.3 is 10.1 Å². The van der Waals surface area contributed by atoms with Crippen molar-refractivity contribution in [2.75, 3.05) is 20.3 Å². The topological polar surface area (TPSA) is 34.1 Å². The van der Waals surface area contributed by atoms with Crippen LogP contribution in [-0.2, 0) is 4.74 Å². The van der Waals surface area contributed by atoms with Crippen LogP contribution in [0, 0.1) is 13.8 Å². The third kappa shape index (κ3) is 3.67. The highest BCUT2D eigenvalue weighted by molar-refractivity contribution is 9.10. The molecule has 3 nitrogen and oxygen atoms in total. The van der Waals surface area contributed by atoms with Crippen molar-refractivity contribution >= 4 is 27.3 Å². The molecule has 0 aliphatic rings. The zero-order chi connectivity index (χ0) is 14.5. The van der Waals surface area contributed by atoms with Crippen molar-refractivity contribution < 1.29 is 4.74 Å². The van der Waals surface area contributed by atoms with E-state index in [1.54, 1.807) is 18.4 Å². The maximum atomic E-state index is 5.13. The van der Waals surface area contributed by atoms with Crippen LogP contribution in [0.3, 0.4) is 0 Å². The Hall–Kier alpha value is -0.750. The van der Waals surface area contributed by atoms with E-state index in [9.17, 15) is 0 Å². The molecule has 1 atom stereocenters. The van der Waals surface area contributed by atoms with Gasteiger partial charge in [-0.1, -0.05) is 34.1 Å². The van der Waals surface area contributed by atoms with Gasteiger partial charge in [0.2, 0.25) is 0 Å². The van der Waals surface area contributed by atoms with Gasteiger partial charge in [-0.15, -0.1) is 11.3 Å². The Labute approximate surface area is 132 Å². The first kappa shape index (κ1) is 15.6. The quantitative estimate of drug-likeness (QED) is 0.800. The minimum Gasteiger partial charge on any atom is -0.383 e. The van der Waals surface area contributed by atoms with Gasteiger partial charge in [0.15, 0.2) is 0 Å².